The van der Waals surface area contributed by atoms with Crippen molar-refractivity contribution in [2.75, 3.05) is 11.4 Å². The highest BCUT2D eigenvalue weighted by atomic mass is 79.9. The second-order valence-electron chi connectivity index (χ2n) is 4.65. The second-order valence-corrected chi connectivity index (χ2v) is 6.32. The van der Waals surface area contributed by atoms with Gasteiger partial charge in [-0.2, -0.15) is 0 Å². The summed E-state index contributed by atoms with van der Waals surface area (Å²) in [6, 6.07) is 11.3. The van der Waals surface area contributed by atoms with Crippen LogP contribution in [0.15, 0.2) is 51.7 Å². The summed E-state index contributed by atoms with van der Waals surface area (Å²) in [5.74, 6) is 0.571. The average molecular weight is 412 g/mol. The van der Waals surface area contributed by atoms with Crippen LogP contribution in [0.1, 0.15) is 6.42 Å². The Morgan fingerprint density at radius 2 is 1.95 bits per heavy atom. The topological polar surface area (TPSA) is 42.4 Å². The molecule has 0 spiro atoms. The number of amides is 1. The van der Waals surface area contributed by atoms with Crippen LogP contribution >= 0.6 is 31.9 Å². The summed E-state index contributed by atoms with van der Waals surface area (Å²) in [4.78, 5) is 18.3. The van der Waals surface area contributed by atoms with Crippen molar-refractivity contribution < 1.29 is 9.53 Å². The zero-order valence-electron chi connectivity index (χ0n) is 11.0. The molecule has 3 rings (SSSR count). The van der Waals surface area contributed by atoms with Gasteiger partial charge in [-0.05, 0) is 52.3 Å². The Labute approximate surface area is 139 Å². The highest BCUT2D eigenvalue weighted by molar-refractivity contribution is 9.10. The van der Waals surface area contributed by atoms with Crippen LogP contribution in [0.25, 0.3) is 0 Å². The molecule has 1 unspecified atom stereocenters. The van der Waals surface area contributed by atoms with E-state index < -0.39 is 6.10 Å². The zero-order chi connectivity index (χ0) is 14.8. The van der Waals surface area contributed by atoms with E-state index in [0.29, 0.717) is 23.3 Å². The molecule has 1 aliphatic heterocycles. The normalized spacial score (nSPS) is 18.1. The molecule has 1 aromatic carbocycles. The number of hydrogen-bond acceptors (Lipinski definition) is 3. The third-order valence-electron chi connectivity index (χ3n) is 3.29. The summed E-state index contributed by atoms with van der Waals surface area (Å²) in [6.45, 7) is 0.656. The Morgan fingerprint density at radius 3 is 2.67 bits per heavy atom. The molecule has 1 amide bonds. The molecular formula is C15H12Br2N2O2. The molecule has 0 bridgehead atoms. The van der Waals surface area contributed by atoms with E-state index in [4.69, 9.17) is 4.74 Å². The smallest absolute Gasteiger partial charge is 0.268 e. The Bertz CT molecular complexity index is 661. The Kier molecular flexibility index (Phi) is 4.26. The van der Waals surface area contributed by atoms with E-state index in [1.807, 2.05) is 24.3 Å². The van der Waals surface area contributed by atoms with Gasteiger partial charge in [0.1, 0.15) is 4.60 Å². The van der Waals surface area contributed by atoms with Crippen LogP contribution in [0.4, 0.5) is 5.69 Å². The van der Waals surface area contributed by atoms with E-state index in [-0.39, 0.29) is 5.91 Å². The van der Waals surface area contributed by atoms with E-state index in [2.05, 4.69) is 36.8 Å². The zero-order valence-corrected chi connectivity index (χ0v) is 14.2. The van der Waals surface area contributed by atoms with Crippen molar-refractivity contribution in [3.05, 3.63) is 51.7 Å². The van der Waals surface area contributed by atoms with Gasteiger partial charge in [0.15, 0.2) is 11.9 Å². The van der Waals surface area contributed by atoms with Crippen molar-refractivity contribution in [2.24, 2.45) is 0 Å². The van der Waals surface area contributed by atoms with Crippen LogP contribution in [-0.2, 0) is 4.79 Å². The molecule has 2 heterocycles. The van der Waals surface area contributed by atoms with Gasteiger partial charge >= 0.3 is 0 Å². The fourth-order valence-corrected chi connectivity index (χ4v) is 2.86. The number of benzene rings is 1. The van der Waals surface area contributed by atoms with Gasteiger partial charge in [0.2, 0.25) is 0 Å². The number of halogens is 2. The Morgan fingerprint density at radius 1 is 1.19 bits per heavy atom. The van der Waals surface area contributed by atoms with E-state index >= 15 is 0 Å². The molecule has 0 saturated carbocycles. The molecule has 108 valence electrons. The highest BCUT2D eigenvalue weighted by Gasteiger charge is 2.34. The lowest BCUT2D eigenvalue weighted by molar-refractivity contribution is -0.122. The molecule has 1 fully saturated rings. The summed E-state index contributed by atoms with van der Waals surface area (Å²) in [7, 11) is 0. The number of carbonyl (C=O) groups is 1. The fourth-order valence-electron chi connectivity index (χ4n) is 2.25. The first kappa shape index (κ1) is 14.5. The maximum absolute atomic E-state index is 12.5. The monoisotopic (exact) mass is 410 g/mol. The number of anilines is 1. The molecule has 0 N–H and O–H groups in total. The third-order valence-corrected chi connectivity index (χ3v) is 4.41. The van der Waals surface area contributed by atoms with Gasteiger partial charge in [-0.15, -0.1) is 0 Å². The van der Waals surface area contributed by atoms with Crippen LogP contribution in [0.2, 0.25) is 0 Å². The molecule has 0 aliphatic carbocycles. The SMILES string of the molecule is O=C1C(Oc2cccnc2Br)CCN1c1ccc(Br)cc1. The molecule has 0 radical (unpaired) electrons. The first-order chi connectivity index (χ1) is 10.1. The van der Waals surface area contributed by atoms with Crippen molar-refractivity contribution in [1.29, 1.82) is 0 Å². The van der Waals surface area contributed by atoms with Gasteiger partial charge in [-0.25, -0.2) is 4.98 Å². The van der Waals surface area contributed by atoms with Crippen LogP contribution in [0.3, 0.4) is 0 Å². The summed E-state index contributed by atoms with van der Waals surface area (Å²) in [5.41, 5.74) is 0.888. The van der Waals surface area contributed by atoms with Gasteiger partial charge in [0, 0.05) is 29.3 Å². The number of ether oxygens (including phenoxy) is 1. The molecule has 1 aliphatic rings. The molecule has 1 aromatic heterocycles. The van der Waals surface area contributed by atoms with E-state index in [9.17, 15) is 4.79 Å². The number of rotatable bonds is 3. The van der Waals surface area contributed by atoms with E-state index in [1.54, 1.807) is 23.2 Å². The molecular weight excluding hydrogens is 400 g/mol. The van der Waals surface area contributed by atoms with Crippen molar-refractivity contribution >= 4 is 43.5 Å². The van der Waals surface area contributed by atoms with Gasteiger partial charge in [-0.1, -0.05) is 15.9 Å². The summed E-state index contributed by atoms with van der Waals surface area (Å²) < 4.78 is 7.39. The number of nitrogens with zero attached hydrogens (tertiary/aromatic N) is 2. The van der Waals surface area contributed by atoms with Crippen LogP contribution < -0.4 is 9.64 Å². The van der Waals surface area contributed by atoms with Crippen LogP contribution in [-0.4, -0.2) is 23.5 Å². The van der Waals surface area contributed by atoms with Gasteiger partial charge in [-0.3, -0.25) is 4.79 Å². The minimum Gasteiger partial charge on any atom is -0.478 e. The Hall–Kier alpha value is -1.40. The quantitative estimate of drug-likeness (QED) is 0.721. The number of pyridine rings is 1. The maximum Gasteiger partial charge on any atom is 0.268 e. The molecule has 21 heavy (non-hydrogen) atoms. The van der Waals surface area contributed by atoms with Crippen molar-refractivity contribution in [1.82, 2.24) is 4.98 Å². The third kappa shape index (κ3) is 3.11. The minimum atomic E-state index is -0.464. The number of hydrogen-bond donors (Lipinski definition) is 0. The van der Waals surface area contributed by atoms with Crippen LogP contribution in [0.5, 0.6) is 5.75 Å². The standard InChI is InChI=1S/C15H12Br2N2O2/c16-10-3-5-11(6-4-10)19-9-7-13(15(19)20)21-12-2-1-8-18-14(12)17/h1-6,8,13H,7,9H2. The second kappa shape index (κ2) is 6.15. The highest BCUT2D eigenvalue weighted by Crippen LogP contribution is 2.28. The molecule has 2 aromatic rings. The summed E-state index contributed by atoms with van der Waals surface area (Å²) in [6.07, 6.45) is 1.87. The molecule has 1 saturated heterocycles. The first-order valence-electron chi connectivity index (χ1n) is 6.49. The van der Waals surface area contributed by atoms with Crippen LogP contribution in [0, 0.1) is 0 Å². The Balaban J connectivity index is 1.75. The summed E-state index contributed by atoms with van der Waals surface area (Å²) in [5, 5.41) is 0. The summed E-state index contributed by atoms with van der Waals surface area (Å²) >= 11 is 6.72. The van der Waals surface area contributed by atoms with Crippen molar-refractivity contribution in [2.45, 2.75) is 12.5 Å². The lowest BCUT2D eigenvalue weighted by atomic mass is 10.3. The predicted octanol–water partition coefficient (Wildman–Crippen LogP) is 3.79. The number of aromatic nitrogens is 1. The molecule has 1 atom stereocenters. The van der Waals surface area contributed by atoms with E-state index in [1.165, 1.54) is 0 Å². The van der Waals surface area contributed by atoms with Gasteiger partial charge in [0.05, 0.1) is 0 Å². The van der Waals surface area contributed by atoms with Crippen molar-refractivity contribution in [3.8, 4) is 5.75 Å². The van der Waals surface area contributed by atoms with E-state index in [0.717, 1.165) is 10.2 Å². The maximum atomic E-state index is 12.5. The number of carbonyl (C=O) groups excluding carboxylic acids is 1. The first-order valence-corrected chi connectivity index (χ1v) is 8.08. The molecule has 6 heteroatoms. The van der Waals surface area contributed by atoms with Gasteiger partial charge < -0.3 is 9.64 Å². The average Bonchev–Trinajstić information content (AvgIpc) is 2.84. The fraction of sp³-hybridized carbons (Fsp3) is 0.200. The predicted molar refractivity (Wildman–Crippen MR) is 87.5 cm³/mol. The van der Waals surface area contributed by atoms with Crippen molar-refractivity contribution in [3.63, 3.8) is 0 Å². The largest absolute Gasteiger partial charge is 0.478 e. The minimum absolute atomic E-state index is 0.0203. The molecule has 4 nitrogen and oxygen atoms in total. The lowest BCUT2D eigenvalue weighted by Crippen LogP contribution is -2.32. The lowest BCUT2D eigenvalue weighted by Gasteiger charge is -2.17. The van der Waals surface area contributed by atoms with Gasteiger partial charge in [0.25, 0.3) is 5.91 Å².